The quantitative estimate of drug-likeness (QED) is 0.275. The second kappa shape index (κ2) is 11.9. The van der Waals surface area contributed by atoms with Gasteiger partial charge in [-0.05, 0) is 49.2 Å². The molecule has 0 aliphatic rings. The summed E-state index contributed by atoms with van der Waals surface area (Å²) in [4.78, 5) is 7.72. The van der Waals surface area contributed by atoms with Crippen LogP contribution in [0, 0.1) is 11.5 Å². The maximum absolute atomic E-state index is 8.78. The average molecular weight is 416 g/mol. The molecule has 0 fully saturated rings. The Morgan fingerprint density at radius 3 is 2.54 bits per heavy atom. The lowest BCUT2D eigenvalue weighted by molar-refractivity contribution is 0.304. The zero-order chi connectivity index (χ0) is 18.5. The van der Waals surface area contributed by atoms with Crippen LogP contribution in [0.25, 0.3) is 0 Å². The molecule has 0 atom stereocenters. The van der Waals surface area contributed by atoms with Crippen molar-refractivity contribution in [3.05, 3.63) is 53.3 Å². The standard InChI is InChI=1S/C19H22BrN5O/c20-16-5-7-18(8-6-16)26-14-4-2-1-3-11-23-19(24-15-21)25-17-9-12-22-13-10-17/h5-10,12-13H,1-4,11,14H2,(H2,22,23,24,25). The monoisotopic (exact) mass is 415 g/mol. The van der Waals surface area contributed by atoms with E-state index in [4.69, 9.17) is 10.00 Å². The van der Waals surface area contributed by atoms with E-state index in [1.54, 1.807) is 18.6 Å². The van der Waals surface area contributed by atoms with Crippen LogP contribution in [0.1, 0.15) is 25.7 Å². The Morgan fingerprint density at radius 2 is 1.81 bits per heavy atom. The van der Waals surface area contributed by atoms with Gasteiger partial charge in [0.15, 0.2) is 0 Å². The number of nitrogens with one attached hydrogen (secondary N) is 2. The van der Waals surface area contributed by atoms with Gasteiger partial charge in [0.1, 0.15) is 5.75 Å². The highest BCUT2D eigenvalue weighted by atomic mass is 79.9. The van der Waals surface area contributed by atoms with E-state index in [0.717, 1.165) is 54.7 Å². The number of halogens is 1. The fourth-order valence-corrected chi connectivity index (χ4v) is 2.51. The average Bonchev–Trinajstić information content (AvgIpc) is 2.66. The molecule has 26 heavy (non-hydrogen) atoms. The molecule has 0 spiro atoms. The summed E-state index contributed by atoms with van der Waals surface area (Å²) < 4.78 is 6.75. The van der Waals surface area contributed by atoms with Crippen molar-refractivity contribution in [1.29, 1.82) is 5.26 Å². The summed E-state index contributed by atoms with van der Waals surface area (Å²) in [6.45, 7) is 1.48. The smallest absolute Gasteiger partial charge is 0.211 e. The van der Waals surface area contributed by atoms with Crippen LogP contribution in [0.3, 0.4) is 0 Å². The number of rotatable bonds is 9. The lowest BCUT2D eigenvalue weighted by Gasteiger charge is -2.10. The molecule has 0 aliphatic heterocycles. The van der Waals surface area contributed by atoms with Gasteiger partial charge in [-0.2, -0.15) is 5.26 Å². The number of aromatic nitrogens is 1. The fraction of sp³-hybridized carbons (Fsp3) is 0.316. The highest BCUT2D eigenvalue weighted by Crippen LogP contribution is 2.16. The maximum atomic E-state index is 8.78. The van der Waals surface area contributed by atoms with Gasteiger partial charge >= 0.3 is 0 Å². The number of unbranched alkanes of at least 4 members (excludes halogenated alkanes) is 3. The predicted molar refractivity (Wildman–Crippen MR) is 107 cm³/mol. The van der Waals surface area contributed by atoms with E-state index in [-0.39, 0.29) is 0 Å². The molecule has 0 aliphatic carbocycles. The van der Waals surface area contributed by atoms with Crippen LogP contribution in [0.2, 0.25) is 0 Å². The van der Waals surface area contributed by atoms with E-state index < -0.39 is 0 Å². The van der Waals surface area contributed by atoms with Gasteiger partial charge in [-0.1, -0.05) is 28.8 Å². The van der Waals surface area contributed by atoms with Crippen LogP contribution in [0.5, 0.6) is 5.75 Å². The Balaban J connectivity index is 1.55. The molecule has 0 bridgehead atoms. The summed E-state index contributed by atoms with van der Waals surface area (Å²) >= 11 is 3.41. The van der Waals surface area contributed by atoms with Crippen molar-refractivity contribution in [2.75, 3.05) is 18.5 Å². The van der Waals surface area contributed by atoms with E-state index in [1.807, 2.05) is 36.4 Å². The van der Waals surface area contributed by atoms with Crippen LogP contribution >= 0.6 is 15.9 Å². The SMILES string of the molecule is N#CN=C(NCCCCCCOc1ccc(Br)cc1)Nc1ccncc1. The fourth-order valence-electron chi connectivity index (χ4n) is 2.24. The highest BCUT2D eigenvalue weighted by Gasteiger charge is 2.00. The molecule has 1 aromatic heterocycles. The predicted octanol–water partition coefficient (Wildman–Crippen LogP) is 4.32. The van der Waals surface area contributed by atoms with Gasteiger partial charge in [0, 0.05) is 29.1 Å². The van der Waals surface area contributed by atoms with Crippen molar-refractivity contribution in [2.24, 2.45) is 4.99 Å². The summed E-state index contributed by atoms with van der Waals surface area (Å²) in [5.41, 5.74) is 0.839. The number of benzene rings is 1. The lowest BCUT2D eigenvalue weighted by Crippen LogP contribution is -2.31. The summed E-state index contributed by atoms with van der Waals surface area (Å²) in [6, 6.07) is 11.5. The van der Waals surface area contributed by atoms with Crippen molar-refractivity contribution >= 4 is 27.6 Å². The molecule has 0 saturated carbocycles. The third-order valence-corrected chi connectivity index (χ3v) is 4.08. The van der Waals surface area contributed by atoms with Crippen LogP contribution in [-0.2, 0) is 0 Å². The molecular formula is C19H22BrN5O. The van der Waals surface area contributed by atoms with E-state index >= 15 is 0 Å². The van der Waals surface area contributed by atoms with Crippen LogP contribution in [0.4, 0.5) is 5.69 Å². The molecule has 136 valence electrons. The van der Waals surface area contributed by atoms with Crippen LogP contribution in [-0.4, -0.2) is 24.1 Å². The van der Waals surface area contributed by atoms with Gasteiger partial charge in [0.25, 0.3) is 0 Å². The molecule has 6 nitrogen and oxygen atoms in total. The number of pyridine rings is 1. The summed E-state index contributed by atoms with van der Waals surface area (Å²) in [6.07, 6.45) is 9.38. The van der Waals surface area contributed by atoms with Gasteiger partial charge in [0.05, 0.1) is 6.61 Å². The van der Waals surface area contributed by atoms with Crippen LogP contribution in [0.15, 0.2) is 58.3 Å². The second-order valence-electron chi connectivity index (χ2n) is 5.56. The first-order valence-corrected chi connectivity index (χ1v) is 9.33. The highest BCUT2D eigenvalue weighted by molar-refractivity contribution is 9.10. The van der Waals surface area contributed by atoms with Gasteiger partial charge in [-0.25, -0.2) is 0 Å². The number of hydrogen-bond acceptors (Lipinski definition) is 4. The van der Waals surface area contributed by atoms with Gasteiger partial charge in [-0.3, -0.25) is 4.98 Å². The number of hydrogen-bond donors (Lipinski definition) is 2. The van der Waals surface area contributed by atoms with Crippen molar-refractivity contribution in [2.45, 2.75) is 25.7 Å². The van der Waals surface area contributed by atoms with Gasteiger partial charge < -0.3 is 15.4 Å². The molecule has 2 aromatic rings. The maximum Gasteiger partial charge on any atom is 0.211 e. The number of aliphatic imine (C=N–C) groups is 1. The molecule has 0 amide bonds. The van der Waals surface area contributed by atoms with Crippen molar-refractivity contribution in [3.63, 3.8) is 0 Å². The zero-order valence-corrected chi connectivity index (χ0v) is 16.1. The number of anilines is 1. The molecule has 0 radical (unpaired) electrons. The van der Waals surface area contributed by atoms with Crippen molar-refractivity contribution in [3.8, 4) is 11.9 Å². The minimum atomic E-state index is 0.456. The van der Waals surface area contributed by atoms with Crippen molar-refractivity contribution < 1.29 is 4.74 Å². The topological polar surface area (TPSA) is 82.3 Å². The van der Waals surface area contributed by atoms with E-state index in [0.29, 0.717) is 5.96 Å². The summed E-state index contributed by atoms with van der Waals surface area (Å²) in [7, 11) is 0. The Kier molecular flexibility index (Phi) is 9.01. The van der Waals surface area contributed by atoms with Gasteiger partial charge in [0.2, 0.25) is 12.2 Å². The number of nitrogens with zero attached hydrogens (tertiary/aromatic N) is 3. The Hall–Kier alpha value is -2.59. The summed E-state index contributed by atoms with van der Waals surface area (Å²) in [5, 5.41) is 15.0. The minimum Gasteiger partial charge on any atom is -0.494 e. The number of guanidine groups is 1. The Bertz CT molecular complexity index is 713. The molecule has 0 saturated heterocycles. The normalized spacial score (nSPS) is 10.8. The lowest BCUT2D eigenvalue weighted by atomic mass is 10.2. The Morgan fingerprint density at radius 1 is 1.08 bits per heavy atom. The summed E-state index contributed by atoms with van der Waals surface area (Å²) in [5.74, 6) is 1.35. The number of ether oxygens (including phenoxy) is 1. The molecule has 1 aromatic carbocycles. The Labute approximate surface area is 162 Å². The molecule has 0 unspecified atom stereocenters. The zero-order valence-electron chi connectivity index (χ0n) is 14.5. The first-order valence-electron chi connectivity index (χ1n) is 8.54. The molecular weight excluding hydrogens is 394 g/mol. The minimum absolute atomic E-state index is 0.456. The third-order valence-electron chi connectivity index (χ3n) is 3.55. The largest absolute Gasteiger partial charge is 0.494 e. The molecule has 2 N–H and O–H groups in total. The van der Waals surface area contributed by atoms with E-state index in [2.05, 4.69) is 36.5 Å². The number of nitriles is 1. The molecule has 7 heteroatoms. The second-order valence-corrected chi connectivity index (χ2v) is 6.48. The molecule has 2 rings (SSSR count). The van der Waals surface area contributed by atoms with E-state index in [9.17, 15) is 0 Å². The third kappa shape index (κ3) is 7.99. The van der Waals surface area contributed by atoms with E-state index in [1.165, 1.54) is 0 Å². The first kappa shape index (κ1) is 19.7. The first-order chi connectivity index (χ1) is 12.8. The van der Waals surface area contributed by atoms with Crippen molar-refractivity contribution in [1.82, 2.24) is 10.3 Å². The van der Waals surface area contributed by atoms with Crippen LogP contribution < -0.4 is 15.4 Å². The molecule has 1 heterocycles. The van der Waals surface area contributed by atoms with Gasteiger partial charge in [-0.15, -0.1) is 4.99 Å².